The second-order valence-corrected chi connectivity index (χ2v) is 10.2. The van der Waals surface area contributed by atoms with Gasteiger partial charge in [0, 0.05) is 25.2 Å². The third-order valence-electron chi connectivity index (χ3n) is 6.33. The Hall–Kier alpha value is -1.47. The van der Waals surface area contributed by atoms with Gasteiger partial charge in [-0.05, 0) is 46.0 Å². The van der Waals surface area contributed by atoms with Gasteiger partial charge in [-0.25, -0.2) is 0 Å². The Bertz CT molecular complexity index is 658. The molecule has 0 spiro atoms. The average molecular weight is 436 g/mol. The third kappa shape index (κ3) is 8.89. The lowest BCUT2D eigenvalue weighted by molar-refractivity contribution is -0.155. The van der Waals surface area contributed by atoms with Crippen LogP contribution in [0, 0.1) is 5.92 Å². The first-order valence-electron chi connectivity index (χ1n) is 12.2. The van der Waals surface area contributed by atoms with Gasteiger partial charge in [0.1, 0.15) is 5.60 Å². The zero-order valence-corrected chi connectivity index (χ0v) is 19.7. The molecule has 0 amide bonds. The summed E-state index contributed by atoms with van der Waals surface area (Å²) in [6.45, 7) is 7.87. The van der Waals surface area contributed by atoms with Gasteiger partial charge in [0.15, 0.2) is 5.82 Å². The van der Waals surface area contributed by atoms with E-state index in [1.807, 2.05) is 20.8 Å². The summed E-state index contributed by atoms with van der Waals surface area (Å²) in [5.74, 6) is 1.78. The van der Waals surface area contributed by atoms with Gasteiger partial charge in [-0.15, -0.1) is 0 Å². The van der Waals surface area contributed by atoms with Gasteiger partial charge in [0.25, 0.3) is 0 Å². The van der Waals surface area contributed by atoms with E-state index in [1.54, 1.807) is 0 Å². The van der Waals surface area contributed by atoms with Crippen molar-refractivity contribution in [3.8, 4) is 0 Å². The molecule has 0 aromatic carbocycles. The van der Waals surface area contributed by atoms with E-state index in [-0.39, 0.29) is 18.3 Å². The molecule has 0 unspecified atom stereocenters. The van der Waals surface area contributed by atoms with E-state index in [1.165, 1.54) is 38.5 Å². The summed E-state index contributed by atoms with van der Waals surface area (Å²) in [5.41, 5.74) is -0.489. The van der Waals surface area contributed by atoms with E-state index in [0.717, 1.165) is 44.8 Å². The highest BCUT2D eigenvalue weighted by Crippen LogP contribution is 2.31. The second kappa shape index (κ2) is 12.0. The van der Waals surface area contributed by atoms with Crippen molar-refractivity contribution in [1.82, 2.24) is 15.5 Å². The minimum absolute atomic E-state index is 0.0808. The molecule has 1 saturated heterocycles. The van der Waals surface area contributed by atoms with Gasteiger partial charge >= 0.3 is 5.97 Å². The van der Waals surface area contributed by atoms with Crippen molar-refractivity contribution < 1.29 is 18.8 Å². The fraction of sp³-hybridized carbons (Fsp3) is 0.875. The molecule has 31 heavy (non-hydrogen) atoms. The molecule has 1 aliphatic heterocycles. The number of carbonyl (C=O) groups is 1. The summed E-state index contributed by atoms with van der Waals surface area (Å²) < 4.78 is 16.6. The zero-order valence-electron chi connectivity index (χ0n) is 19.7. The summed E-state index contributed by atoms with van der Waals surface area (Å²) in [4.78, 5) is 17.1. The molecule has 1 aliphatic carbocycles. The highest BCUT2D eigenvalue weighted by Gasteiger charge is 2.26. The van der Waals surface area contributed by atoms with Crippen LogP contribution in [0.5, 0.6) is 0 Å². The lowest BCUT2D eigenvalue weighted by Crippen LogP contribution is -2.34. The minimum atomic E-state index is -0.489. The normalized spacial score (nSPS) is 20.0. The Morgan fingerprint density at radius 1 is 1.16 bits per heavy atom. The van der Waals surface area contributed by atoms with Gasteiger partial charge in [0.05, 0.1) is 13.0 Å². The summed E-state index contributed by atoms with van der Waals surface area (Å²) >= 11 is 0. The number of carbonyl (C=O) groups excluding carboxylic acids is 1. The third-order valence-corrected chi connectivity index (χ3v) is 6.33. The Morgan fingerprint density at radius 2 is 1.90 bits per heavy atom. The minimum Gasteiger partial charge on any atom is -0.460 e. The maximum atomic E-state index is 12.5. The molecule has 0 bridgehead atoms. The number of rotatable bonds is 10. The lowest BCUT2D eigenvalue weighted by atomic mass is 9.84. The van der Waals surface area contributed by atoms with Crippen LogP contribution < -0.4 is 5.32 Å². The highest BCUT2D eigenvalue weighted by atomic mass is 16.6. The fourth-order valence-corrected chi connectivity index (χ4v) is 4.67. The number of aromatic nitrogens is 2. The molecule has 1 atom stereocenters. The number of ether oxygens (including phenoxy) is 2. The molecule has 3 rings (SSSR count). The van der Waals surface area contributed by atoms with E-state index < -0.39 is 5.60 Å². The molecule has 1 aromatic heterocycles. The summed E-state index contributed by atoms with van der Waals surface area (Å²) in [5, 5.41) is 7.66. The molecule has 2 heterocycles. The predicted molar refractivity (Wildman–Crippen MR) is 119 cm³/mol. The van der Waals surface area contributed by atoms with Crippen LogP contribution in [0.4, 0.5) is 0 Å². The maximum absolute atomic E-state index is 12.5. The zero-order chi connectivity index (χ0) is 22.1. The smallest absolute Gasteiger partial charge is 0.307 e. The molecule has 1 N–H and O–H groups in total. The maximum Gasteiger partial charge on any atom is 0.307 e. The highest BCUT2D eigenvalue weighted by molar-refractivity contribution is 5.70. The van der Waals surface area contributed by atoms with Crippen LogP contribution in [0.3, 0.4) is 0 Å². The summed E-state index contributed by atoms with van der Waals surface area (Å²) in [6, 6.07) is 0.434. The Balaban J connectivity index is 1.55. The predicted octanol–water partition coefficient (Wildman–Crippen LogP) is 4.90. The van der Waals surface area contributed by atoms with Crippen molar-refractivity contribution in [1.29, 1.82) is 0 Å². The molecule has 2 aliphatic rings. The quantitative estimate of drug-likeness (QED) is 0.523. The Kier molecular flexibility index (Phi) is 9.32. The molecule has 1 saturated carbocycles. The number of nitrogens with one attached hydrogen (secondary N) is 1. The van der Waals surface area contributed by atoms with Crippen molar-refractivity contribution in [2.24, 2.45) is 5.92 Å². The number of nitrogens with zero attached hydrogens (tertiary/aromatic N) is 2. The Morgan fingerprint density at radius 3 is 2.61 bits per heavy atom. The van der Waals surface area contributed by atoms with Gasteiger partial charge in [-0.2, -0.15) is 4.98 Å². The fourth-order valence-electron chi connectivity index (χ4n) is 4.67. The first kappa shape index (κ1) is 24.2. The summed E-state index contributed by atoms with van der Waals surface area (Å²) in [7, 11) is 0. The number of hydrogen-bond donors (Lipinski definition) is 1. The van der Waals surface area contributed by atoms with E-state index in [0.29, 0.717) is 24.3 Å². The standard InChI is InChI=1S/C24H41N3O4/c1-24(2,3)30-22(28)16-19(11-7-10-18-8-5-4-6-9-18)23-26-21(27-31-23)17-25-20-12-14-29-15-13-20/h18-20,25H,4-17H2,1-3H3/t19-/m1/s1. The van der Waals surface area contributed by atoms with E-state index in [9.17, 15) is 4.79 Å². The van der Waals surface area contributed by atoms with E-state index >= 15 is 0 Å². The molecule has 0 radical (unpaired) electrons. The van der Waals surface area contributed by atoms with Crippen molar-refractivity contribution >= 4 is 5.97 Å². The molecular weight excluding hydrogens is 394 g/mol. The molecule has 176 valence electrons. The van der Waals surface area contributed by atoms with Crippen molar-refractivity contribution in [3.63, 3.8) is 0 Å². The van der Waals surface area contributed by atoms with Gasteiger partial charge in [-0.1, -0.05) is 50.1 Å². The van der Waals surface area contributed by atoms with Crippen LogP contribution in [0.15, 0.2) is 4.52 Å². The number of esters is 1. The second-order valence-electron chi connectivity index (χ2n) is 10.2. The Labute approximate surface area is 187 Å². The van der Waals surface area contributed by atoms with Gasteiger partial charge in [-0.3, -0.25) is 4.79 Å². The van der Waals surface area contributed by atoms with Crippen LogP contribution in [-0.2, 0) is 20.8 Å². The van der Waals surface area contributed by atoms with Crippen molar-refractivity contribution in [3.05, 3.63) is 11.7 Å². The van der Waals surface area contributed by atoms with Crippen LogP contribution in [0.1, 0.15) is 109 Å². The van der Waals surface area contributed by atoms with Crippen LogP contribution in [-0.4, -0.2) is 41.0 Å². The SMILES string of the molecule is CC(C)(C)OC(=O)C[C@@H](CCCC1CCCCC1)c1nc(CNC2CCOCC2)no1. The molecule has 7 nitrogen and oxygen atoms in total. The van der Waals surface area contributed by atoms with Crippen molar-refractivity contribution in [2.45, 2.75) is 116 Å². The summed E-state index contributed by atoms with van der Waals surface area (Å²) in [6.07, 6.45) is 12.3. The van der Waals surface area contributed by atoms with Crippen LogP contribution in [0.2, 0.25) is 0 Å². The van der Waals surface area contributed by atoms with Gasteiger partial charge in [0.2, 0.25) is 5.89 Å². The molecular formula is C24H41N3O4. The monoisotopic (exact) mass is 435 g/mol. The molecule has 2 fully saturated rings. The molecule has 1 aromatic rings. The molecule has 7 heteroatoms. The largest absolute Gasteiger partial charge is 0.460 e. The first-order chi connectivity index (χ1) is 14.9. The van der Waals surface area contributed by atoms with Crippen LogP contribution in [0.25, 0.3) is 0 Å². The van der Waals surface area contributed by atoms with E-state index in [4.69, 9.17) is 14.0 Å². The topological polar surface area (TPSA) is 86.5 Å². The van der Waals surface area contributed by atoms with Crippen LogP contribution >= 0.6 is 0 Å². The lowest BCUT2D eigenvalue weighted by Gasteiger charge is -2.23. The average Bonchev–Trinajstić information content (AvgIpc) is 3.21. The number of hydrogen-bond acceptors (Lipinski definition) is 7. The van der Waals surface area contributed by atoms with E-state index in [2.05, 4.69) is 15.5 Å². The first-order valence-corrected chi connectivity index (χ1v) is 12.2. The van der Waals surface area contributed by atoms with Gasteiger partial charge < -0.3 is 19.3 Å². The van der Waals surface area contributed by atoms with Crippen molar-refractivity contribution in [2.75, 3.05) is 13.2 Å².